The van der Waals surface area contributed by atoms with Gasteiger partial charge in [0.25, 0.3) is 0 Å². The minimum atomic E-state index is -0.309. The van der Waals surface area contributed by atoms with Gasteiger partial charge in [0.15, 0.2) is 11.6 Å². The summed E-state index contributed by atoms with van der Waals surface area (Å²) >= 11 is 0. The predicted octanol–water partition coefficient (Wildman–Crippen LogP) is 2.84. The summed E-state index contributed by atoms with van der Waals surface area (Å²) < 4.78 is 5.89. The molecular weight excluding hydrogens is 318 g/mol. The highest BCUT2D eigenvalue weighted by atomic mass is 16.5. The molecule has 2 amide bonds. The van der Waals surface area contributed by atoms with Crippen molar-refractivity contribution in [1.82, 2.24) is 15.2 Å². The van der Waals surface area contributed by atoms with Gasteiger partial charge in [-0.3, -0.25) is 5.32 Å². The van der Waals surface area contributed by atoms with Crippen molar-refractivity contribution in [1.29, 1.82) is 0 Å². The van der Waals surface area contributed by atoms with Crippen LogP contribution in [0.25, 0.3) is 0 Å². The third-order valence-electron chi connectivity index (χ3n) is 3.49. The fourth-order valence-electron chi connectivity index (χ4n) is 2.22. The van der Waals surface area contributed by atoms with Crippen molar-refractivity contribution in [3.8, 4) is 11.5 Å². The molecule has 134 valence electrons. The highest BCUT2D eigenvalue weighted by molar-refractivity contribution is 5.89. The number of nitrogens with two attached hydrogens (primary N) is 1. The van der Waals surface area contributed by atoms with Crippen molar-refractivity contribution in [2.45, 2.75) is 13.3 Å². The van der Waals surface area contributed by atoms with Gasteiger partial charge in [0.05, 0.1) is 0 Å². The number of carbonyl (C=O) groups excluding carboxylic acids is 1. The zero-order chi connectivity index (χ0) is 18.2. The van der Waals surface area contributed by atoms with Crippen LogP contribution >= 0.6 is 0 Å². The lowest BCUT2D eigenvalue weighted by Crippen LogP contribution is -2.31. The number of nitrogens with one attached hydrogen (secondary N) is 2. The number of nitrogen functional groups attached to an aromatic ring is 1. The smallest absolute Gasteiger partial charge is 0.320 e. The average molecular weight is 343 g/mol. The summed E-state index contributed by atoms with van der Waals surface area (Å²) in [6.45, 7) is 3.41. The molecule has 25 heavy (non-hydrogen) atoms. The first-order chi connectivity index (χ1) is 12.0. The summed E-state index contributed by atoms with van der Waals surface area (Å²) in [7, 11) is 3.99. The molecule has 0 aliphatic rings. The van der Waals surface area contributed by atoms with Gasteiger partial charge in [0, 0.05) is 18.4 Å². The van der Waals surface area contributed by atoms with Gasteiger partial charge in [-0.2, -0.15) is 0 Å². The van der Waals surface area contributed by atoms with E-state index in [1.807, 2.05) is 27.1 Å². The van der Waals surface area contributed by atoms with Gasteiger partial charge in [0.2, 0.25) is 0 Å². The Morgan fingerprint density at radius 1 is 1.28 bits per heavy atom. The minimum absolute atomic E-state index is 0.309. The largest absolute Gasteiger partial charge is 0.453 e. The molecule has 0 aliphatic heterocycles. The first-order valence-corrected chi connectivity index (χ1v) is 8.14. The van der Waals surface area contributed by atoms with E-state index in [0.717, 1.165) is 18.5 Å². The topological polar surface area (TPSA) is 92.5 Å². The van der Waals surface area contributed by atoms with Crippen LogP contribution in [0.1, 0.15) is 12.0 Å². The number of anilines is 2. The van der Waals surface area contributed by atoms with Crippen molar-refractivity contribution in [3.63, 3.8) is 0 Å². The Bertz CT molecular complexity index is 718. The van der Waals surface area contributed by atoms with Crippen molar-refractivity contribution < 1.29 is 9.53 Å². The molecule has 1 aromatic carbocycles. The number of aromatic nitrogens is 1. The van der Waals surface area contributed by atoms with Gasteiger partial charge < -0.3 is 20.7 Å². The average Bonchev–Trinajstić information content (AvgIpc) is 2.55. The number of nitrogens with zero attached hydrogens (tertiary/aromatic N) is 2. The van der Waals surface area contributed by atoms with E-state index in [4.69, 9.17) is 10.5 Å². The number of ether oxygens (including phenoxy) is 1. The van der Waals surface area contributed by atoms with Crippen molar-refractivity contribution in [3.05, 3.63) is 42.1 Å². The molecule has 0 saturated heterocycles. The van der Waals surface area contributed by atoms with Crippen LogP contribution in [-0.4, -0.2) is 43.1 Å². The van der Waals surface area contributed by atoms with Crippen LogP contribution in [-0.2, 0) is 0 Å². The third kappa shape index (κ3) is 5.96. The number of carbonyl (C=O) groups is 1. The SMILES string of the molecule is Cc1cc(N)ccc1Oc1cccnc1NC(=O)NCCCN(C)C. The highest BCUT2D eigenvalue weighted by Crippen LogP contribution is 2.30. The number of aryl methyl sites for hydroxylation is 1. The second-order valence-corrected chi connectivity index (χ2v) is 6.01. The Hall–Kier alpha value is -2.80. The van der Waals surface area contributed by atoms with Gasteiger partial charge in [-0.25, -0.2) is 9.78 Å². The maximum absolute atomic E-state index is 12.0. The fraction of sp³-hybridized carbons (Fsp3) is 0.333. The lowest BCUT2D eigenvalue weighted by Gasteiger charge is -2.14. The van der Waals surface area contributed by atoms with E-state index in [1.54, 1.807) is 30.5 Å². The second-order valence-electron chi connectivity index (χ2n) is 6.01. The van der Waals surface area contributed by atoms with E-state index >= 15 is 0 Å². The fourth-order valence-corrected chi connectivity index (χ4v) is 2.22. The summed E-state index contributed by atoms with van der Waals surface area (Å²) in [5, 5.41) is 5.53. The number of benzene rings is 1. The van der Waals surface area contributed by atoms with E-state index in [-0.39, 0.29) is 6.03 Å². The molecule has 0 atom stereocenters. The van der Waals surface area contributed by atoms with Crippen LogP contribution in [0.4, 0.5) is 16.3 Å². The number of urea groups is 1. The van der Waals surface area contributed by atoms with E-state index in [1.165, 1.54) is 0 Å². The van der Waals surface area contributed by atoms with Crippen LogP contribution in [0.15, 0.2) is 36.5 Å². The molecule has 4 N–H and O–H groups in total. The number of pyridine rings is 1. The Morgan fingerprint density at radius 2 is 2.08 bits per heavy atom. The lowest BCUT2D eigenvalue weighted by molar-refractivity contribution is 0.251. The molecule has 2 rings (SSSR count). The van der Waals surface area contributed by atoms with E-state index < -0.39 is 0 Å². The third-order valence-corrected chi connectivity index (χ3v) is 3.49. The van der Waals surface area contributed by atoms with Gasteiger partial charge >= 0.3 is 6.03 Å². The van der Waals surface area contributed by atoms with Crippen LogP contribution in [0.2, 0.25) is 0 Å². The predicted molar refractivity (Wildman–Crippen MR) is 100 cm³/mol. The molecule has 7 nitrogen and oxygen atoms in total. The van der Waals surface area contributed by atoms with Crippen LogP contribution in [0, 0.1) is 6.92 Å². The van der Waals surface area contributed by atoms with Crippen LogP contribution in [0.5, 0.6) is 11.5 Å². The summed E-state index contributed by atoms with van der Waals surface area (Å²) in [6, 6.07) is 8.59. The molecule has 1 heterocycles. The van der Waals surface area contributed by atoms with Crippen LogP contribution < -0.4 is 21.1 Å². The minimum Gasteiger partial charge on any atom is -0.453 e. The molecule has 0 fully saturated rings. The van der Waals surface area contributed by atoms with Crippen molar-refractivity contribution in [2.24, 2.45) is 0 Å². The molecule has 0 aliphatic carbocycles. The number of amides is 2. The lowest BCUT2D eigenvalue weighted by atomic mass is 10.2. The van der Waals surface area contributed by atoms with Gasteiger partial charge in [-0.05, 0) is 69.9 Å². The van der Waals surface area contributed by atoms with E-state index in [0.29, 0.717) is 29.5 Å². The highest BCUT2D eigenvalue weighted by Gasteiger charge is 2.11. The number of rotatable bonds is 7. The normalized spacial score (nSPS) is 10.6. The van der Waals surface area contributed by atoms with Crippen molar-refractivity contribution in [2.75, 3.05) is 38.2 Å². The van der Waals surface area contributed by atoms with Gasteiger partial charge in [0.1, 0.15) is 5.75 Å². The zero-order valence-corrected chi connectivity index (χ0v) is 14.9. The van der Waals surface area contributed by atoms with E-state index in [9.17, 15) is 4.79 Å². The summed E-state index contributed by atoms with van der Waals surface area (Å²) in [5.41, 5.74) is 7.34. The molecule has 7 heteroatoms. The first kappa shape index (κ1) is 18.5. The Morgan fingerprint density at radius 3 is 2.80 bits per heavy atom. The van der Waals surface area contributed by atoms with Crippen LogP contribution in [0.3, 0.4) is 0 Å². The number of hydrogen-bond donors (Lipinski definition) is 3. The Labute approximate surface area is 148 Å². The monoisotopic (exact) mass is 343 g/mol. The Balaban J connectivity index is 1.99. The molecular formula is C18H25N5O2. The maximum atomic E-state index is 12.0. The molecule has 0 saturated carbocycles. The summed E-state index contributed by atoms with van der Waals surface area (Å²) in [4.78, 5) is 18.3. The second kappa shape index (κ2) is 8.89. The van der Waals surface area contributed by atoms with E-state index in [2.05, 4.69) is 20.5 Å². The molecule has 1 aromatic heterocycles. The maximum Gasteiger partial charge on any atom is 0.320 e. The number of hydrogen-bond acceptors (Lipinski definition) is 5. The first-order valence-electron chi connectivity index (χ1n) is 8.14. The molecule has 2 aromatic rings. The zero-order valence-electron chi connectivity index (χ0n) is 14.9. The van der Waals surface area contributed by atoms with Crippen molar-refractivity contribution >= 4 is 17.5 Å². The van der Waals surface area contributed by atoms with Gasteiger partial charge in [-0.15, -0.1) is 0 Å². The standard InChI is InChI=1S/C18H25N5O2/c1-13-12-14(19)7-8-15(13)25-16-6-4-9-20-17(16)22-18(24)21-10-5-11-23(2)3/h4,6-9,12H,5,10-11,19H2,1-3H3,(H2,20,21,22,24). The quantitative estimate of drug-likeness (QED) is 0.531. The molecule has 0 bridgehead atoms. The van der Waals surface area contributed by atoms with Gasteiger partial charge in [-0.1, -0.05) is 0 Å². The summed E-state index contributed by atoms with van der Waals surface area (Å²) in [5.74, 6) is 1.50. The Kier molecular flexibility index (Phi) is 6.59. The molecule has 0 radical (unpaired) electrons. The summed E-state index contributed by atoms with van der Waals surface area (Å²) in [6.07, 6.45) is 2.47. The molecule has 0 spiro atoms. The molecule has 0 unspecified atom stereocenters.